The number of carbonyl (C=O) groups excluding carboxylic acids is 1. The summed E-state index contributed by atoms with van der Waals surface area (Å²) in [5.74, 6) is 1.63. The molecule has 1 aromatic heterocycles. The minimum atomic E-state index is -0.0446. The maximum atomic E-state index is 12.0. The van der Waals surface area contributed by atoms with E-state index >= 15 is 0 Å². The second-order valence-electron chi connectivity index (χ2n) is 6.00. The predicted molar refractivity (Wildman–Crippen MR) is 84.2 cm³/mol. The molecular formula is C15H23N3OS. The maximum absolute atomic E-state index is 12.0. The summed E-state index contributed by atoms with van der Waals surface area (Å²) >= 11 is 1.49. The molecule has 2 aliphatic carbocycles. The molecule has 5 heteroatoms. The Morgan fingerprint density at radius 3 is 2.60 bits per heavy atom. The van der Waals surface area contributed by atoms with Crippen molar-refractivity contribution in [3.8, 4) is 0 Å². The first kappa shape index (κ1) is 13.7. The highest BCUT2D eigenvalue weighted by Crippen LogP contribution is 2.46. The Bertz CT molecular complexity index is 479. The molecule has 4 nitrogen and oxygen atoms in total. The van der Waals surface area contributed by atoms with Gasteiger partial charge in [0.2, 0.25) is 0 Å². The number of hydrogen-bond donors (Lipinski definition) is 3. The summed E-state index contributed by atoms with van der Waals surface area (Å²) in [6.45, 7) is 2.74. The number of nitrogen functional groups attached to an aromatic ring is 1. The maximum Gasteiger partial charge on any atom is 0.263 e. The number of thiophene rings is 1. The first-order valence-corrected chi connectivity index (χ1v) is 8.44. The van der Waals surface area contributed by atoms with E-state index in [9.17, 15) is 4.79 Å². The number of amides is 1. The second kappa shape index (κ2) is 5.64. The van der Waals surface area contributed by atoms with Crippen LogP contribution in [0.3, 0.4) is 0 Å². The van der Waals surface area contributed by atoms with Crippen LogP contribution < -0.4 is 16.4 Å². The van der Waals surface area contributed by atoms with Gasteiger partial charge < -0.3 is 16.4 Å². The van der Waals surface area contributed by atoms with Crippen LogP contribution in [0.25, 0.3) is 0 Å². The van der Waals surface area contributed by atoms with Crippen molar-refractivity contribution in [2.45, 2.75) is 45.1 Å². The normalized spacial score (nSPS) is 18.3. The minimum Gasteiger partial charge on any atom is -0.397 e. The van der Waals surface area contributed by atoms with Crippen LogP contribution in [0, 0.1) is 11.8 Å². The minimum absolute atomic E-state index is 0.0446. The number of carbonyl (C=O) groups is 1. The third-order valence-electron chi connectivity index (χ3n) is 4.07. The van der Waals surface area contributed by atoms with Crippen LogP contribution in [0.2, 0.25) is 0 Å². The van der Waals surface area contributed by atoms with Crippen LogP contribution >= 0.6 is 11.3 Å². The summed E-state index contributed by atoms with van der Waals surface area (Å²) < 4.78 is 0. The van der Waals surface area contributed by atoms with Crippen molar-refractivity contribution >= 4 is 27.9 Å². The van der Waals surface area contributed by atoms with Gasteiger partial charge in [-0.2, -0.15) is 0 Å². The van der Waals surface area contributed by atoms with Gasteiger partial charge in [0.15, 0.2) is 0 Å². The van der Waals surface area contributed by atoms with Gasteiger partial charge in [0.1, 0.15) is 4.88 Å². The molecule has 1 heterocycles. The van der Waals surface area contributed by atoms with Crippen molar-refractivity contribution in [3.05, 3.63) is 10.9 Å². The Morgan fingerprint density at radius 1 is 1.40 bits per heavy atom. The van der Waals surface area contributed by atoms with Crippen molar-refractivity contribution in [1.82, 2.24) is 5.32 Å². The largest absolute Gasteiger partial charge is 0.397 e. The topological polar surface area (TPSA) is 67.2 Å². The van der Waals surface area contributed by atoms with Gasteiger partial charge in [0.25, 0.3) is 5.91 Å². The Labute approximate surface area is 124 Å². The molecular weight excluding hydrogens is 270 g/mol. The van der Waals surface area contributed by atoms with Gasteiger partial charge >= 0.3 is 0 Å². The number of nitrogens with two attached hydrogens (primary N) is 1. The standard InChI is InChI=1S/C15H23N3OS/c1-2-7-17-15(19)14-11(16)8-12(20-14)18-13(9-3-4-9)10-5-6-10/h8-10,13,18H,2-7,16H2,1H3,(H,17,19). The van der Waals surface area contributed by atoms with Gasteiger partial charge in [-0.15, -0.1) is 11.3 Å². The van der Waals surface area contributed by atoms with Crippen LogP contribution in [0.15, 0.2) is 6.07 Å². The Morgan fingerprint density at radius 2 is 2.05 bits per heavy atom. The molecule has 0 spiro atoms. The SMILES string of the molecule is CCCNC(=O)c1sc(NC(C2CC2)C2CC2)cc1N. The van der Waals surface area contributed by atoms with E-state index < -0.39 is 0 Å². The molecule has 0 aromatic carbocycles. The Balaban J connectivity index is 1.66. The monoisotopic (exact) mass is 293 g/mol. The molecule has 110 valence electrons. The third-order valence-corrected chi connectivity index (χ3v) is 5.15. The molecule has 0 atom stereocenters. The second-order valence-corrected chi connectivity index (χ2v) is 7.05. The molecule has 0 aliphatic heterocycles. The number of nitrogens with one attached hydrogen (secondary N) is 2. The fourth-order valence-electron chi connectivity index (χ4n) is 2.67. The highest BCUT2D eigenvalue weighted by molar-refractivity contribution is 7.18. The molecule has 2 saturated carbocycles. The van der Waals surface area contributed by atoms with E-state index in [1.807, 2.05) is 13.0 Å². The first-order chi connectivity index (χ1) is 9.69. The summed E-state index contributed by atoms with van der Waals surface area (Å²) in [7, 11) is 0. The van der Waals surface area contributed by atoms with E-state index in [4.69, 9.17) is 5.73 Å². The van der Waals surface area contributed by atoms with Gasteiger partial charge in [-0.05, 0) is 50.0 Å². The summed E-state index contributed by atoms with van der Waals surface area (Å²) in [5, 5.41) is 7.57. The molecule has 0 saturated heterocycles. The van der Waals surface area contributed by atoms with E-state index in [-0.39, 0.29) is 5.91 Å². The average Bonchev–Trinajstić information content (AvgIpc) is 3.32. The van der Waals surface area contributed by atoms with Crippen LogP contribution in [0.1, 0.15) is 48.7 Å². The smallest absolute Gasteiger partial charge is 0.263 e. The first-order valence-electron chi connectivity index (χ1n) is 7.63. The van der Waals surface area contributed by atoms with Gasteiger partial charge in [0.05, 0.1) is 10.7 Å². The van der Waals surface area contributed by atoms with E-state index in [1.54, 1.807) is 0 Å². The highest BCUT2D eigenvalue weighted by Gasteiger charge is 2.41. The van der Waals surface area contributed by atoms with Crippen LogP contribution in [0.4, 0.5) is 10.7 Å². The van der Waals surface area contributed by atoms with E-state index in [2.05, 4.69) is 10.6 Å². The summed E-state index contributed by atoms with van der Waals surface area (Å²) in [6.07, 6.45) is 6.32. The number of rotatable bonds is 7. The molecule has 1 amide bonds. The molecule has 20 heavy (non-hydrogen) atoms. The predicted octanol–water partition coefficient (Wildman–Crippen LogP) is 3.07. The van der Waals surface area contributed by atoms with E-state index in [0.29, 0.717) is 23.2 Å². The molecule has 4 N–H and O–H groups in total. The fourth-order valence-corrected chi connectivity index (χ4v) is 3.61. The third kappa shape index (κ3) is 3.08. The summed E-state index contributed by atoms with van der Waals surface area (Å²) in [4.78, 5) is 12.7. The molecule has 0 unspecified atom stereocenters. The Hall–Kier alpha value is -1.23. The summed E-state index contributed by atoms with van der Waals surface area (Å²) in [6, 6.07) is 2.52. The van der Waals surface area contributed by atoms with Crippen molar-refractivity contribution in [3.63, 3.8) is 0 Å². The summed E-state index contributed by atoms with van der Waals surface area (Å²) in [5.41, 5.74) is 6.58. The van der Waals surface area contributed by atoms with Crippen molar-refractivity contribution in [2.75, 3.05) is 17.6 Å². The van der Waals surface area contributed by atoms with Crippen LogP contribution in [0.5, 0.6) is 0 Å². The van der Waals surface area contributed by atoms with Crippen molar-refractivity contribution in [2.24, 2.45) is 11.8 Å². The van der Waals surface area contributed by atoms with Gasteiger partial charge in [-0.1, -0.05) is 6.92 Å². The zero-order valence-electron chi connectivity index (χ0n) is 11.9. The van der Waals surface area contributed by atoms with Gasteiger partial charge in [-0.3, -0.25) is 4.79 Å². The van der Waals surface area contributed by atoms with Crippen molar-refractivity contribution in [1.29, 1.82) is 0 Å². The van der Waals surface area contributed by atoms with E-state index in [1.165, 1.54) is 37.0 Å². The lowest BCUT2D eigenvalue weighted by Gasteiger charge is -2.17. The molecule has 0 radical (unpaired) electrons. The Kier molecular flexibility index (Phi) is 3.87. The fraction of sp³-hybridized carbons (Fsp3) is 0.667. The van der Waals surface area contributed by atoms with Crippen LogP contribution in [-0.2, 0) is 0 Å². The lowest BCUT2D eigenvalue weighted by Crippen LogP contribution is -2.24. The average molecular weight is 293 g/mol. The highest BCUT2D eigenvalue weighted by atomic mass is 32.1. The van der Waals surface area contributed by atoms with Gasteiger partial charge in [-0.25, -0.2) is 0 Å². The number of hydrogen-bond acceptors (Lipinski definition) is 4. The quantitative estimate of drug-likeness (QED) is 0.724. The molecule has 1 aromatic rings. The zero-order valence-corrected chi connectivity index (χ0v) is 12.8. The zero-order chi connectivity index (χ0) is 14.1. The lowest BCUT2D eigenvalue weighted by atomic mass is 10.1. The number of anilines is 2. The molecule has 2 aliphatic rings. The molecule has 0 bridgehead atoms. The van der Waals surface area contributed by atoms with Crippen molar-refractivity contribution < 1.29 is 4.79 Å². The van der Waals surface area contributed by atoms with Crippen LogP contribution in [-0.4, -0.2) is 18.5 Å². The molecule has 3 rings (SSSR count). The van der Waals surface area contributed by atoms with Gasteiger partial charge in [0, 0.05) is 12.6 Å². The van der Waals surface area contributed by atoms with E-state index in [0.717, 1.165) is 23.3 Å². The lowest BCUT2D eigenvalue weighted by molar-refractivity contribution is 0.0958. The molecule has 2 fully saturated rings.